The molecule has 7 fully saturated rings. The average Bonchev–Trinajstić information content (AvgIpc) is 2.86. The third-order valence-corrected chi connectivity index (χ3v) is 7.46. The summed E-state index contributed by atoms with van der Waals surface area (Å²) in [6, 6.07) is 0. The Morgan fingerprint density at radius 1 is 1.17 bits per heavy atom. The quantitative estimate of drug-likeness (QED) is 0.806. The van der Waals surface area contributed by atoms with E-state index in [-0.39, 0.29) is 29.8 Å². The van der Waals surface area contributed by atoms with Gasteiger partial charge in [0.05, 0.1) is 6.10 Å². The van der Waals surface area contributed by atoms with Crippen LogP contribution in [0.1, 0.15) is 6.42 Å². The van der Waals surface area contributed by atoms with Gasteiger partial charge in [-0.05, 0) is 41.9 Å². The molecule has 0 unspecified atom stereocenters. The number of aliphatic carboxylic acids is 1. The Morgan fingerprint density at radius 3 is 2.67 bits per heavy atom. The van der Waals surface area contributed by atoms with Gasteiger partial charge in [-0.3, -0.25) is 0 Å². The number of halogens is 2. The molecule has 3 nitrogen and oxygen atoms in total. The predicted molar refractivity (Wildman–Crippen MR) is 52.7 cm³/mol. The van der Waals surface area contributed by atoms with Crippen LogP contribution in [0.5, 0.6) is 0 Å². The summed E-state index contributed by atoms with van der Waals surface area (Å²) in [4.78, 5) is 11.0. The fourth-order valence-corrected chi connectivity index (χ4v) is 7.67. The van der Waals surface area contributed by atoms with Crippen LogP contribution in [0.4, 0.5) is 8.78 Å². The highest BCUT2D eigenvalue weighted by molar-refractivity contribution is 5.78. The minimum absolute atomic E-state index is 0.0380. The van der Waals surface area contributed by atoms with E-state index in [1.807, 2.05) is 0 Å². The number of hydrogen-bond donors (Lipinski definition) is 1. The molecule has 0 aromatic rings. The molecule has 0 radical (unpaired) electrons. The molecule has 5 heteroatoms. The molecule has 5 saturated carbocycles. The maximum absolute atomic E-state index is 14.3. The van der Waals surface area contributed by atoms with Crippen molar-refractivity contribution in [3.63, 3.8) is 0 Å². The van der Waals surface area contributed by atoms with E-state index in [9.17, 15) is 13.6 Å². The van der Waals surface area contributed by atoms with Gasteiger partial charge in [-0.15, -0.1) is 0 Å². The molecule has 4 bridgehead atoms. The zero-order valence-electron chi connectivity index (χ0n) is 9.42. The molecule has 2 aliphatic heterocycles. The van der Waals surface area contributed by atoms with Crippen molar-refractivity contribution < 1.29 is 23.4 Å². The van der Waals surface area contributed by atoms with Crippen LogP contribution in [0.15, 0.2) is 0 Å². The molecule has 0 amide bonds. The molecule has 7 aliphatic rings. The number of alkyl halides is 2. The fraction of sp³-hybridized carbons (Fsp3) is 0.923. The van der Waals surface area contributed by atoms with Gasteiger partial charge < -0.3 is 9.84 Å². The van der Waals surface area contributed by atoms with Gasteiger partial charge in [-0.25, -0.2) is 4.79 Å². The second kappa shape index (κ2) is 2.03. The largest absolute Gasteiger partial charge is 0.477 e. The fourth-order valence-electron chi connectivity index (χ4n) is 7.67. The SMILES string of the molecule is O=C(O)C(F)(F)[C@]12O[C@@H]3[C@H]4[C@H]5[C@@H]6C[C@H]([C@H]5[C@H]41)[C@H]2[C@@H]63. The van der Waals surface area contributed by atoms with Gasteiger partial charge in [-0.1, -0.05) is 0 Å². The van der Waals surface area contributed by atoms with Crippen molar-refractivity contribution >= 4 is 5.97 Å². The van der Waals surface area contributed by atoms with E-state index in [1.165, 1.54) is 0 Å². The van der Waals surface area contributed by atoms with Crippen molar-refractivity contribution in [3.05, 3.63) is 0 Å². The van der Waals surface area contributed by atoms with Crippen LogP contribution in [0.2, 0.25) is 0 Å². The lowest BCUT2D eigenvalue weighted by molar-refractivity contribution is -0.222. The van der Waals surface area contributed by atoms with E-state index in [0.717, 1.165) is 6.42 Å². The average molecular weight is 254 g/mol. The van der Waals surface area contributed by atoms with E-state index in [0.29, 0.717) is 23.7 Å². The monoisotopic (exact) mass is 254 g/mol. The van der Waals surface area contributed by atoms with E-state index in [1.54, 1.807) is 0 Å². The van der Waals surface area contributed by atoms with Crippen LogP contribution in [-0.2, 0) is 9.53 Å². The Bertz CT molecular complexity index is 524. The van der Waals surface area contributed by atoms with Gasteiger partial charge in [0, 0.05) is 11.8 Å². The van der Waals surface area contributed by atoms with Gasteiger partial charge in [0.2, 0.25) is 0 Å². The van der Waals surface area contributed by atoms with E-state index < -0.39 is 17.5 Å². The van der Waals surface area contributed by atoms with Crippen LogP contribution in [-0.4, -0.2) is 28.7 Å². The van der Waals surface area contributed by atoms with Crippen LogP contribution in [0.3, 0.4) is 0 Å². The van der Waals surface area contributed by atoms with Crippen LogP contribution in [0, 0.1) is 47.3 Å². The second-order valence-electron chi connectivity index (χ2n) is 7.18. The highest BCUT2D eigenvalue weighted by atomic mass is 19.3. The highest BCUT2D eigenvalue weighted by Gasteiger charge is 2.97. The summed E-state index contributed by atoms with van der Waals surface area (Å²) < 4.78 is 34.4. The van der Waals surface area contributed by atoms with E-state index in [4.69, 9.17) is 9.84 Å². The summed E-state index contributed by atoms with van der Waals surface area (Å²) >= 11 is 0. The number of hydrogen-bond acceptors (Lipinski definition) is 2. The summed E-state index contributed by atoms with van der Waals surface area (Å²) in [5.74, 6) is -3.63. The lowest BCUT2D eigenvalue weighted by atomic mass is 9.56. The highest BCUT2D eigenvalue weighted by Crippen LogP contribution is 2.91. The van der Waals surface area contributed by atoms with Gasteiger partial charge in [-0.2, -0.15) is 8.78 Å². The molecule has 0 aromatic heterocycles. The summed E-state index contributed by atoms with van der Waals surface area (Å²) in [5.41, 5.74) is -1.63. The van der Waals surface area contributed by atoms with Crippen LogP contribution < -0.4 is 0 Å². The third kappa shape index (κ3) is 0.497. The van der Waals surface area contributed by atoms with Crippen molar-refractivity contribution in [1.29, 1.82) is 0 Å². The summed E-state index contributed by atoms with van der Waals surface area (Å²) in [7, 11) is 0. The first-order valence-corrected chi connectivity index (χ1v) is 6.81. The first kappa shape index (κ1) is 9.23. The standard InChI is InChI=1S/C13H12F2O3/c14-13(15,11(16)17)12-8-3-1-2-4-5(3)9(12)7(4)10(18-12)6(2)8/h2-10H,1H2,(H,16,17)/t2-,3+,4-,5+,6+,7-,8-,9+,10-,12+/m0/s1. The lowest BCUT2D eigenvalue weighted by Gasteiger charge is -2.46. The second-order valence-corrected chi connectivity index (χ2v) is 7.18. The molecule has 96 valence electrons. The van der Waals surface area contributed by atoms with Crippen molar-refractivity contribution in [2.24, 2.45) is 47.3 Å². The summed E-state index contributed by atoms with van der Waals surface area (Å²) in [6.45, 7) is 0. The smallest absolute Gasteiger partial charge is 0.377 e. The van der Waals surface area contributed by atoms with Crippen LogP contribution >= 0.6 is 0 Å². The first-order chi connectivity index (χ1) is 8.52. The Balaban J connectivity index is 1.65. The van der Waals surface area contributed by atoms with Gasteiger partial charge in [0.1, 0.15) is 0 Å². The molecule has 5 aliphatic carbocycles. The topological polar surface area (TPSA) is 46.5 Å². The minimum atomic E-state index is -3.71. The predicted octanol–water partition coefficient (Wildman–Crippen LogP) is 1.23. The molecule has 7 rings (SSSR count). The molecule has 1 N–H and O–H groups in total. The summed E-state index contributed by atoms with van der Waals surface area (Å²) in [6.07, 6.45) is 1.03. The number of ether oxygens (including phenoxy) is 1. The van der Waals surface area contributed by atoms with E-state index in [2.05, 4.69) is 0 Å². The molecule has 0 spiro atoms. The van der Waals surface area contributed by atoms with Gasteiger partial charge in [0.25, 0.3) is 0 Å². The molecular formula is C13H12F2O3. The number of carboxylic acids is 1. The molecule has 2 saturated heterocycles. The number of carboxylic acid groups (broad SMARTS) is 1. The normalized spacial score (nSPS) is 71.6. The Morgan fingerprint density at radius 2 is 1.94 bits per heavy atom. The van der Waals surface area contributed by atoms with Gasteiger partial charge >= 0.3 is 11.9 Å². The minimum Gasteiger partial charge on any atom is -0.477 e. The molecule has 2 heterocycles. The number of carbonyl (C=O) groups is 1. The Hall–Kier alpha value is -0.710. The number of rotatable bonds is 2. The zero-order valence-corrected chi connectivity index (χ0v) is 9.42. The zero-order chi connectivity index (χ0) is 12.2. The van der Waals surface area contributed by atoms with E-state index >= 15 is 0 Å². The van der Waals surface area contributed by atoms with Crippen molar-refractivity contribution in [2.45, 2.75) is 24.0 Å². The molecule has 0 aromatic carbocycles. The third-order valence-electron chi connectivity index (χ3n) is 7.46. The first-order valence-electron chi connectivity index (χ1n) is 6.81. The Labute approximate surface area is 101 Å². The van der Waals surface area contributed by atoms with Crippen molar-refractivity contribution in [2.75, 3.05) is 0 Å². The van der Waals surface area contributed by atoms with Crippen molar-refractivity contribution in [1.82, 2.24) is 0 Å². The molecule has 10 atom stereocenters. The molecular weight excluding hydrogens is 242 g/mol. The van der Waals surface area contributed by atoms with Gasteiger partial charge in [0.15, 0.2) is 5.60 Å². The van der Waals surface area contributed by atoms with Crippen molar-refractivity contribution in [3.8, 4) is 0 Å². The Kier molecular flexibility index (Phi) is 1.04. The lowest BCUT2D eigenvalue weighted by Crippen LogP contribution is -2.61. The van der Waals surface area contributed by atoms with Crippen LogP contribution in [0.25, 0.3) is 0 Å². The summed E-state index contributed by atoms with van der Waals surface area (Å²) in [5, 5.41) is 8.95. The molecule has 18 heavy (non-hydrogen) atoms. The maximum atomic E-state index is 14.3. The maximum Gasteiger partial charge on any atom is 0.377 e.